The second kappa shape index (κ2) is 9.65. The van der Waals surface area contributed by atoms with Gasteiger partial charge in [-0.2, -0.15) is 0 Å². The van der Waals surface area contributed by atoms with Crippen molar-refractivity contribution in [2.75, 3.05) is 6.54 Å². The first-order chi connectivity index (χ1) is 12.9. The topological polar surface area (TPSA) is 114 Å². The van der Waals surface area contributed by atoms with Gasteiger partial charge in [-0.1, -0.05) is 25.0 Å². The summed E-state index contributed by atoms with van der Waals surface area (Å²) in [6.07, 6.45) is 2.58. The molecule has 1 atom stereocenters. The molecule has 0 spiro atoms. The van der Waals surface area contributed by atoms with Crippen molar-refractivity contribution < 1.29 is 28.3 Å². The molecule has 1 unspecified atom stereocenters. The third-order valence-electron chi connectivity index (χ3n) is 4.12. The van der Waals surface area contributed by atoms with Gasteiger partial charge < -0.3 is 15.4 Å². The van der Waals surface area contributed by atoms with Crippen molar-refractivity contribution in [3.63, 3.8) is 0 Å². The maximum atomic E-state index is 13.5. The van der Waals surface area contributed by atoms with Gasteiger partial charge in [-0.25, -0.2) is 9.18 Å². The largest absolute Gasteiger partial charge is 0.451 e. The number of amides is 4. The van der Waals surface area contributed by atoms with Gasteiger partial charge in [-0.3, -0.25) is 19.7 Å². The number of benzene rings is 1. The molecule has 3 N–H and O–H groups in total. The van der Waals surface area contributed by atoms with E-state index in [1.54, 1.807) is 0 Å². The van der Waals surface area contributed by atoms with E-state index in [9.17, 15) is 23.6 Å². The number of carbonyl (C=O) groups excluding carboxylic acids is 4. The lowest BCUT2D eigenvalue weighted by molar-refractivity contribution is -0.153. The summed E-state index contributed by atoms with van der Waals surface area (Å²) in [5.41, 5.74) is -0.209. The summed E-state index contributed by atoms with van der Waals surface area (Å²) in [6, 6.07) is 4.72. The van der Waals surface area contributed by atoms with Crippen LogP contribution in [0.25, 0.3) is 0 Å². The molecule has 4 amide bonds. The van der Waals surface area contributed by atoms with E-state index in [1.807, 2.05) is 0 Å². The molecule has 1 aromatic rings. The lowest BCUT2D eigenvalue weighted by atomic mass is 10.2. The first-order valence-corrected chi connectivity index (χ1v) is 8.70. The Balaban J connectivity index is 1.72. The summed E-state index contributed by atoms with van der Waals surface area (Å²) in [7, 11) is 0. The van der Waals surface area contributed by atoms with Crippen molar-refractivity contribution in [1.82, 2.24) is 16.0 Å². The van der Waals surface area contributed by atoms with Crippen LogP contribution >= 0.6 is 0 Å². The molecular formula is C18H22FN3O5. The minimum absolute atomic E-state index is 0.0456. The highest BCUT2D eigenvalue weighted by molar-refractivity contribution is 5.98. The van der Waals surface area contributed by atoms with E-state index in [1.165, 1.54) is 25.1 Å². The van der Waals surface area contributed by atoms with Crippen molar-refractivity contribution in [3.8, 4) is 0 Å². The molecule has 0 saturated heterocycles. The average Bonchev–Trinajstić information content (AvgIpc) is 3.12. The van der Waals surface area contributed by atoms with Gasteiger partial charge in [0.2, 0.25) is 0 Å². The lowest BCUT2D eigenvalue weighted by Gasteiger charge is -2.15. The van der Waals surface area contributed by atoms with Crippen molar-refractivity contribution in [2.24, 2.45) is 0 Å². The second-order valence-electron chi connectivity index (χ2n) is 6.24. The molecule has 0 bridgehead atoms. The fourth-order valence-corrected chi connectivity index (χ4v) is 2.69. The number of esters is 1. The van der Waals surface area contributed by atoms with Gasteiger partial charge in [-0.05, 0) is 31.9 Å². The van der Waals surface area contributed by atoms with Crippen LogP contribution < -0.4 is 16.0 Å². The van der Waals surface area contributed by atoms with Crippen LogP contribution in [0.3, 0.4) is 0 Å². The molecule has 0 aromatic heterocycles. The fraction of sp³-hybridized carbons (Fsp3) is 0.444. The maximum absolute atomic E-state index is 13.5. The molecule has 1 aliphatic rings. The normalized spacial score (nSPS) is 14.9. The first kappa shape index (κ1) is 20.3. The average molecular weight is 379 g/mol. The van der Waals surface area contributed by atoms with E-state index in [0.29, 0.717) is 0 Å². The van der Waals surface area contributed by atoms with Gasteiger partial charge in [0.1, 0.15) is 12.4 Å². The fourth-order valence-electron chi connectivity index (χ4n) is 2.69. The SMILES string of the molecule is CC(OC(=O)CNC(=O)c1ccccc1F)C(=O)NC(=O)NC1CCCC1. The van der Waals surface area contributed by atoms with Crippen LogP contribution in [-0.2, 0) is 14.3 Å². The zero-order valence-corrected chi connectivity index (χ0v) is 14.9. The molecule has 1 fully saturated rings. The highest BCUT2D eigenvalue weighted by Crippen LogP contribution is 2.17. The summed E-state index contributed by atoms with van der Waals surface area (Å²) in [6.45, 7) is 0.758. The summed E-state index contributed by atoms with van der Waals surface area (Å²) in [5, 5.41) is 6.99. The Bertz CT molecular complexity index is 719. The molecule has 0 aliphatic heterocycles. The predicted molar refractivity (Wildman–Crippen MR) is 93.2 cm³/mol. The zero-order valence-electron chi connectivity index (χ0n) is 14.9. The Morgan fingerprint density at radius 1 is 1.19 bits per heavy atom. The van der Waals surface area contributed by atoms with Crippen LogP contribution in [-0.4, -0.2) is 42.5 Å². The standard InChI is InChI=1S/C18H22FN3O5/c1-11(16(24)22-18(26)21-12-6-2-3-7-12)27-15(23)10-20-17(25)13-8-4-5-9-14(13)19/h4-5,8-9,11-12H,2-3,6-7,10H2,1H3,(H,20,25)(H2,21,22,24,26). The Morgan fingerprint density at radius 3 is 2.52 bits per heavy atom. The van der Waals surface area contributed by atoms with Crippen LogP contribution in [0, 0.1) is 5.82 Å². The summed E-state index contributed by atoms with van der Waals surface area (Å²) in [4.78, 5) is 47.1. The monoisotopic (exact) mass is 379 g/mol. The molecule has 8 nitrogen and oxygen atoms in total. The lowest BCUT2D eigenvalue weighted by Crippen LogP contribution is -2.47. The molecule has 27 heavy (non-hydrogen) atoms. The van der Waals surface area contributed by atoms with Crippen molar-refractivity contribution >= 4 is 23.8 Å². The van der Waals surface area contributed by atoms with Gasteiger partial charge in [0.25, 0.3) is 11.8 Å². The number of rotatable bonds is 6. The molecule has 0 radical (unpaired) electrons. The van der Waals surface area contributed by atoms with Gasteiger partial charge >= 0.3 is 12.0 Å². The third-order valence-corrected chi connectivity index (χ3v) is 4.12. The minimum Gasteiger partial charge on any atom is -0.451 e. The van der Waals surface area contributed by atoms with Crippen LogP contribution in [0.5, 0.6) is 0 Å². The molecular weight excluding hydrogens is 357 g/mol. The molecule has 0 heterocycles. The number of urea groups is 1. The summed E-state index contributed by atoms with van der Waals surface area (Å²) in [5.74, 6) is -3.17. The van der Waals surface area contributed by atoms with Crippen molar-refractivity contribution in [1.29, 1.82) is 0 Å². The smallest absolute Gasteiger partial charge is 0.326 e. The number of nitrogens with one attached hydrogen (secondary N) is 3. The van der Waals surface area contributed by atoms with E-state index in [-0.39, 0.29) is 11.6 Å². The number of carbonyl (C=O) groups is 4. The Kier molecular flexibility index (Phi) is 7.27. The minimum atomic E-state index is -1.22. The van der Waals surface area contributed by atoms with E-state index < -0.39 is 42.3 Å². The molecule has 2 rings (SSSR count). The number of imide groups is 1. The zero-order chi connectivity index (χ0) is 19.8. The second-order valence-corrected chi connectivity index (χ2v) is 6.24. The number of ether oxygens (including phenoxy) is 1. The van der Waals surface area contributed by atoms with Gasteiger partial charge in [-0.15, -0.1) is 0 Å². The van der Waals surface area contributed by atoms with Gasteiger partial charge in [0.05, 0.1) is 5.56 Å². The Hall–Kier alpha value is -2.97. The predicted octanol–water partition coefficient (Wildman–Crippen LogP) is 1.26. The molecule has 146 valence electrons. The van der Waals surface area contributed by atoms with E-state index in [4.69, 9.17) is 4.74 Å². The molecule has 1 saturated carbocycles. The summed E-state index contributed by atoms with van der Waals surface area (Å²) >= 11 is 0. The number of hydrogen-bond donors (Lipinski definition) is 3. The quantitative estimate of drug-likeness (QED) is 0.644. The van der Waals surface area contributed by atoms with Gasteiger partial charge in [0, 0.05) is 6.04 Å². The van der Waals surface area contributed by atoms with Crippen LogP contribution in [0.2, 0.25) is 0 Å². The van der Waals surface area contributed by atoms with E-state index in [0.717, 1.165) is 31.7 Å². The third kappa shape index (κ3) is 6.36. The maximum Gasteiger partial charge on any atom is 0.326 e. The molecule has 1 aromatic carbocycles. The van der Waals surface area contributed by atoms with Gasteiger partial charge in [0.15, 0.2) is 6.10 Å². The molecule has 9 heteroatoms. The first-order valence-electron chi connectivity index (χ1n) is 8.70. The Labute approximate surface area is 155 Å². The van der Waals surface area contributed by atoms with Crippen LogP contribution in [0.4, 0.5) is 9.18 Å². The van der Waals surface area contributed by atoms with Crippen LogP contribution in [0.15, 0.2) is 24.3 Å². The summed E-state index contributed by atoms with van der Waals surface area (Å²) < 4.78 is 18.3. The van der Waals surface area contributed by atoms with Crippen molar-refractivity contribution in [2.45, 2.75) is 44.8 Å². The number of hydrogen-bond acceptors (Lipinski definition) is 5. The van der Waals surface area contributed by atoms with E-state index >= 15 is 0 Å². The highest BCUT2D eigenvalue weighted by Gasteiger charge is 2.23. The van der Waals surface area contributed by atoms with Crippen LogP contribution in [0.1, 0.15) is 43.0 Å². The molecule has 1 aliphatic carbocycles. The van der Waals surface area contributed by atoms with E-state index in [2.05, 4.69) is 16.0 Å². The number of halogens is 1. The highest BCUT2D eigenvalue weighted by atomic mass is 19.1. The Morgan fingerprint density at radius 2 is 1.85 bits per heavy atom. The van der Waals surface area contributed by atoms with Crippen molar-refractivity contribution in [3.05, 3.63) is 35.6 Å².